The van der Waals surface area contributed by atoms with E-state index < -0.39 is 0 Å². The molecule has 3 heterocycles. The average Bonchev–Trinajstić information content (AvgIpc) is 3.07. The van der Waals surface area contributed by atoms with Crippen LogP contribution in [0.4, 0.5) is 5.69 Å². The van der Waals surface area contributed by atoms with E-state index in [9.17, 15) is 4.79 Å². The zero-order valence-electron chi connectivity index (χ0n) is 13.2. The van der Waals surface area contributed by atoms with Crippen LogP contribution in [0.5, 0.6) is 0 Å². The summed E-state index contributed by atoms with van der Waals surface area (Å²) in [5.41, 5.74) is 2.98. The molecule has 0 spiro atoms. The van der Waals surface area contributed by atoms with Crippen molar-refractivity contribution in [1.29, 1.82) is 0 Å². The quantitative estimate of drug-likeness (QED) is 0.533. The van der Waals surface area contributed by atoms with Crippen molar-refractivity contribution in [3.8, 4) is 11.4 Å². The highest BCUT2D eigenvalue weighted by Gasteiger charge is 2.14. The number of nitrogens with one attached hydrogen (secondary N) is 1. The van der Waals surface area contributed by atoms with Crippen molar-refractivity contribution in [3.05, 3.63) is 76.9 Å². The Morgan fingerprint density at radius 1 is 1.00 bits per heavy atom. The number of rotatable bonds is 3. The summed E-state index contributed by atoms with van der Waals surface area (Å²) in [6.07, 6.45) is 4.83. The second-order valence-corrected chi connectivity index (χ2v) is 6.19. The van der Waals surface area contributed by atoms with Gasteiger partial charge in [-0.1, -0.05) is 29.8 Å². The van der Waals surface area contributed by atoms with Gasteiger partial charge in [0.2, 0.25) is 5.28 Å². The number of amides is 1. The smallest absolute Gasteiger partial charge is 0.255 e. The van der Waals surface area contributed by atoms with Gasteiger partial charge in [-0.05, 0) is 35.9 Å². The lowest BCUT2D eigenvalue weighted by Crippen LogP contribution is -2.12. The maximum absolute atomic E-state index is 12.3. The number of halogens is 2. The highest BCUT2D eigenvalue weighted by atomic mass is 35.5. The van der Waals surface area contributed by atoms with Crippen LogP contribution in [0.25, 0.3) is 17.0 Å². The fourth-order valence-electron chi connectivity index (χ4n) is 2.55. The van der Waals surface area contributed by atoms with Crippen LogP contribution in [-0.4, -0.2) is 25.3 Å². The Balaban J connectivity index is 1.73. The molecule has 6 nitrogen and oxygen atoms in total. The minimum atomic E-state index is -0.199. The van der Waals surface area contributed by atoms with Crippen molar-refractivity contribution in [3.63, 3.8) is 0 Å². The lowest BCUT2D eigenvalue weighted by molar-refractivity contribution is 0.102. The van der Waals surface area contributed by atoms with E-state index in [2.05, 4.69) is 20.3 Å². The van der Waals surface area contributed by atoms with E-state index in [0.29, 0.717) is 33.3 Å². The van der Waals surface area contributed by atoms with Crippen LogP contribution in [0.15, 0.2) is 61.1 Å². The summed E-state index contributed by atoms with van der Waals surface area (Å²) in [5.74, 6) is -0.199. The van der Waals surface area contributed by atoms with Crippen molar-refractivity contribution < 1.29 is 4.79 Å². The molecule has 0 bridgehead atoms. The SMILES string of the molecule is O=C(Nc1ccc2ncc(-c3nc(Cl)ncc3Cl)n2c1)c1ccccc1. The van der Waals surface area contributed by atoms with Gasteiger partial charge in [0.05, 0.1) is 28.8 Å². The van der Waals surface area contributed by atoms with Gasteiger partial charge in [-0.2, -0.15) is 0 Å². The molecule has 8 heteroatoms. The summed E-state index contributed by atoms with van der Waals surface area (Å²) in [4.78, 5) is 24.7. The molecule has 3 aromatic heterocycles. The van der Waals surface area contributed by atoms with Crippen LogP contribution >= 0.6 is 23.2 Å². The standard InChI is InChI=1S/C18H11Cl2N5O/c19-13-8-22-18(20)24-16(13)14-9-21-15-7-6-12(10-25(14)15)23-17(26)11-4-2-1-3-5-11/h1-10H,(H,23,26). The van der Waals surface area contributed by atoms with Crippen LogP contribution in [0.1, 0.15) is 10.4 Å². The summed E-state index contributed by atoms with van der Waals surface area (Å²) in [7, 11) is 0. The predicted octanol–water partition coefficient (Wildman–Crippen LogP) is 4.35. The minimum absolute atomic E-state index is 0.0906. The Kier molecular flexibility index (Phi) is 4.28. The number of benzene rings is 1. The zero-order valence-corrected chi connectivity index (χ0v) is 14.7. The molecule has 4 aromatic rings. The lowest BCUT2D eigenvalue weighted by Gasteiger charge is -2.08. The fraction of sp³-hybridized carbons (Fsp3) is 0. The van der Waals surface area contributed by atoms with E-state index in [1.54, 1.807) is 41.1 Å². The largest absolute Gasteiger partial charge is 0.321 e. The average molecular weight is 384 g/mol. The van der Waals surface area contributed by atoms with Crippen molar-refractivity contribution >= 4 is 40.4 Å². The van der Waals surface area contributed by atoms with E-state index in [1.165, 1.54) is 6.20 Å². The maximum Gasteiger partial charge on any atom is 0.255 e. The molecule has 0 aliphatic rings. The van der Waals surface area contributed by atoms with Crippen LogP contribution < -0.4 is 5.32 Å². The summed E-state index contributed by atoms with van der Waals surface area (Å²) < 4.78 is 1.78. The highest BCUT2D eigenvalue weighted by Crippen LogP contribution is 2.27. The molecule has 1 N–H and O–H groups in total. The second-order valence-electron chi connectivity index (χ2n) is 5.45. The van der Waals surface area contributed by atoms with Gasteiger partial charge in [0, 0.05) is 11.8 Å². The third-order valence-electron chi connectivity index (χ3n) is 3.76. The van der Waals surface area contributed by atoms with Crippen molar-refractivity contribution in [2.75, 3.05) is 5.32 Å². The van der Waals surface area contributed by atoms with E-state index in [0.717, 1.165) is 0 Å². The first kappa shape index (κ1) is 16.5. The zero-order chi connectivity index (χ0) is 18.1. The van der Waals surface area contributed by atoms with Gasteiger partial charge in [-0.15, -0.1) is 0 Å². The molecule has 0 atom stereocenters. The Morgan fingerprint density at radius 2 is 1.81 bits per heavy atom. The summed E-state index contributed by atoms with van der Waals surface area (Å²) in [6.45, 7) is 0. The Bertz CT molecular complexity index is 1110. The number of aromatic nitrogens is 4. The van der Waals surface area contributed by atoms with Crippen LogP contribution in [-0.2, 0) is 0 Å². The summed E-state index contributed by atoms with van der Waals surface area (Å²) in [5, 5.41) is 3.31. The van der Waals surface area contributed by atoms with Gasteiger partial charge in [-0.25, -0.2) is 15.0 Å². The second kappa shape index (κ2) is 6.74. The maximum atomic E-state index is 12.3. The van der Waals surface area contributed by atoms with E-state index in [1.807, 2.05) is 18.2 Å². The molecule has 0 saturated heterocycles. The van der Waals surface area contributed by atoms with Crippen molar-refractivity contribution in [2.45, 2.75) is 0 Å². The van der Waals surface area contributed by atoms with Crippen LogP contribution in [0, 0.1) is 0 Å². The molecular weight excluding hydrogens is 373 g/mol. The number of carbonyl (C=O) groups excluding carboxylic acids is 1. The van der Waals surface area contributed by atoms with Gasteiger partial charge in [-0.3, -0.25) is 9.20 Å². The molecule has 0 aliphatic heterocycles. The van der Waals surface area contributed by atoms with Gasteiger partial charge in [0.25, 0.3) is 5.91 Å². The normalized spacial score (nSPS) is 10.8. The first-order valence-electron chi connectivity index (χ1n) is 7.64. The number of anilines is 1. The third kappa shape index (κ3) is 3.12. The molecule has 0 fully saturated rings. The molecule has 0 aliphatic carbocycles. The fourth-order valence-corrected chi connectivity index (χ4v) is 2.87. The van der Waals surface area contributed by atoms with Gasteiger partial charge in [0.15, 0.2) is 0 Å². The van der Waals surface area contributed by atoms with Gasteiger partial charge >= 0.3 is 0 Å². The Hall–Kier alpha value is -2.96. The number of carbonyl (C=O) groups is 1. The predicted molar refractivity (Wildman–Crippen MR) is 101 cm³/mol. The van der Waals surface area contributed by atoms with Crippen molar-refractivity contribution in [1.82, 2.24) is 19.4 Å². The number of pyridine rings is 1. The van der Waals surface area contributed by atoms with Crippen LogP contribution in [0.2, 0.25) is 10.3 Å². The molecule has 0 radical (unpaired) electrons. The van der Waals surface area contributed by atoms with Crippen LogP contribution in [0.3, 0.4) is 0 Å². The topological polar surface area (TPSA) is 72.2 Å². The summed E-state index contributed by atoms with van der Waals surface area (Å²) in [6, 6.07) is 12.6. The van der Waals surface area contributed by atoms with Gasteiger partial charge < -0.3 is 5.32 Å². The molecule has 1 aromatic carbocycles. The van der Waals surface area contributed by atoms with Crippen molar-refractivity contribution in [2.24, 2.45) is 0 Å². The third-order valence-corrected chi connectivity index (χ3v) is 4.22. The summed E-state index contributed by atoms with van der Waals surface area (Å²) >= 11 is 12.1. The molecule has 128 valence electrons. The molecule has 0 unspecified atom stereocenters. The Labute approximate surface area is 158 Å². The first-order chi connectivity index (χ1) is 12.6. The van der Waals surface area contributed by atoms with E-state index in [-0.39, 0.29) is 11.2 Å². The lowest BCUT2D eigenvalue weighted by atomic mass is 10.2. The molecule has 0 saturated carbocycles. The van der Waals surface area contributed by atoms with E-state index >= 15 is 0 Å². The number of hydrogen-bond donors (Lipinski definition) is 1. The number of fused-ring (bicyclic) bond motifs is 1. The monoisotopic (exact) mass is 383 g/mol. The number of hydrogen-bond acceptors (Lipinski definition) is 4. The minimum Gasteiger partial charge on any atom is -0.321 e. The molecule has 26 heavy (non-hydrogen) atoms. The van der Waals surface area contributed by atoms with E-state index in [4.69, 9.17) is 23.2 Å². The number of nitrogens with zero attached hydrogens (tertiary/aromatic N) is 4. The molecule has 4 rings (SSSR count). The van der Waals surface area contributed by atoms with Gasteiger partial charge in [0.1, 0.15) is 11.3 Å². The first-order valence-corrected chi connectivity index (χ1v) is 8.39. The number of imidazole rings is 1. The molecular formula is C18H11Cl2N5O. The highest BCUT2D eigenvalue weighted by molar-refractivity contribution is 6.33. The molecule has 1 amide bonds. The Morgan fingerprint density at radius 3 is 2.62 bits per heavy atom.